The maximum atomic E-state index is 14.8. The largest absolute Gasteiger partial charge is 0.497 e. The molecule has 0 aliphatic carbocycles. The summed E-state index contributed by atoms with van der Waals surface area (Å²) in [5, 5.41) is 2.99. The maximum absolute atomic E-state index is 14.8. The van der Waals surface area contributed by atoms with E-state index in [2.05, 4.69) is 9.69 Å². The van der Waals surface area contributed by atoms with Crippen LogP contribution in [0, 0.1) is 29.8 Å². The van der Waals surface area contributed by atoms with Crippen molar-refractivity contribution in [1.29, 1.82) is 0 Å². The van der Waals surface area contributed by atoms with Crippen LogP contribution in [-0.2, 0) is 0 Å². The van der Waals surface area contributed by atoms with Gasteiger partial charge in [0, 0.05) is 0 Å². The quantitative estimate of drug-likeness (QED) is 0.253. The molecular weight excluding hydrogens is 438 g/mol. The van der Waals surface area contributed by atoms with Crippen LogP contribution in [0.4, 0.5) is 23.2 Å². The van der Waals surface area contributed by atoms with Crippen LogP contribution in [0.5, 0.6) is 5.75 Å². The standard InChI is InChI=1S/C20H11F4N3O3S/c1-25-27-20(29)18-11(6-7-31-18)19(28)26-17-15(23)13(21)12(14(22)16(17)24)9-4-3-5-10(8-9)30-2/h3-8H,2H3,(H,26,28)(H,27,29)/i2D3. The van der Waals surface area contributed by atoms with Crippen molar-refractivity contribution in [2.45, 2.75) is 0 Å². The van der Waals surface area contributed by atoms with Gasteiger partial charge in [-0.2, -0.15) is 11.5 Å². The molecule has 0 saturated heterocycles. The van der Waals surface area contributed by atoms with Crippen molar-refractivity contribution < 1.29 is 36.0 Å². The fourth-order valence-corrected chi connectivity index (χ4v) is 3.44. The van der Waals surface area contributed by atoms with Gasteiger partial charge in [0.2, 0.25) is 0 Å². The molecule has 0 atom stereocenters. The first-order valence-electron chi connectivity index (χ1n) is 9.65. The third kappa shape index (κ3) is 4.06. The maximum Gasteiger partial charge on any atom is 0.329 e. The lowest BCUT2D eigenvalue weighted by Crippen LogP contribution is -2.21. The molecule has 0 fully saturated rings. The summed E-state index contributed by atoms with van der Waals surface area (Å²) in [6.45, 7) is 6.62. The van der Waals surface area contributed by atoms with E-state index >= 15 is 0 Å². The van der Waals surface area contributed by atoms with Gasteiger partial charge in [-0.25, -0.2) is 17.6 Å². The van der Waals surface area contributed by atoms with E-state index < -0.39 is 58.9 Å². The number of anilines is 1. The van der Waals surface area contributed by atoms with Crippen molar-refractivity contribution in [2.75, 3.05) is 12.4 Å². The molecule has 0 aliphatic heterocycles. The summed E-state index contributed by atoms with van der Waals surface area (Å²) in [6, 6.07) is 5.38. The Hall–Kier alpha value is -3.91. The molecule has 0 radical (unpaired) electrons. The molecule has 2 amide bonds. The predicted octanol–water partition coefficient (Wildman–Crippen LogP) is 4.80. The Morgan fingerprint density at radius 2 is 1.81 bits per heavy atom. The fourth-order valence-electron chi connectivity index (χ4n) is 2.66. The van der Waals surface area contributed by atoms with Crippen LogP contribution >= 0.6 is 11.3 Å². The number of nitrogens with zero attached hydrogens (tertiary/aromatic N) is 1. The third-order valence-corrected chi connectivity index (χ3v) is 4.93. The molecule has 6 nitrogen and oxygen atoms in total. The van der Waals surface area contributed by atoms with Crippen molar-refractivity contribution >= 4 is 28.8 Å². The Bertz CT molecular complexity index is 1310. The van der Waals surface area contributed by atoms with Crippen molar-refractivity contribution in [3.63, 3.8) is 0 Å². The highest BCUT2D eigenvalue weighted by atomic mass is 32.1. The van der Waals surface area contributed by atoms with Crippen LogP contribution in [0.1, 0.15) is 24.1 Å². The molecule has 2 N–H and O–H groups in total. The average molecular weight is 452 g/mol. The second-order valence-electron chi connectivity index (χ2n) is 5.81. The SMILES string of the molecule is [2H]C([2H])([2H])Oc1cccc(-c2c(F)c(F)c(NC(=O)c3ccsc3C(=O)N[N+]#[C-])c(F)c2F)c1. The van der Waals surface area contributed by atoms with E-state index in [1.165, 1.54) is 5.38 Å². The Kier molecular flexibility index (Phi) is 5.11. The number of amides is 2. The highest BCUT2D eigenvalue weighted by Crippen LogP contribution is 2.36. The molecule has 0 spiro atoms. The first kappa shape index (κ1) is 17.9. The third-order valence-electron chi connectivity index (χ3n) is 4.02. The zero-order valence-electron chi connectivity index (χ0n) is 18.1. The first-order valence-corrected chi connectivity index (χ1v) is 9.03. The van der Waals surface area contributed by atoms with Crippen molar-refractivity contribution in [3.8, 4) is 16.9 Å². The van der Waals surface area contributed by atoms with E-state index in [1.807, 2.05) is 0 Å². The molecule has 3 rings (SSSR count). The summed E-state index contributed by atoms with van der Waals surface area (Å²) in [5.41, 5.74) is -1.65. The number of ether oxygens (including phenoxy) is 1. The van der Waals surface area contributed by atoms with Gasteiger partial charge in [0.25, 0.3) is 5.91 Å². The summed E-state index contributed by atoms with van der Waals surface area (Å²) in [5.74, 6) is -10.2. The van der Waals surface area contributed by atoms with Crippen molar-refractivity contribution in [1.82, 2.24) is 5.43 Å². The number of hydrogen-bond donors (Lipinski definition) is 2. The number of halogens is 4. The molecule has 1 aromatic heterocycles. The average Bonchev–Trinajstić information content (AvgIpc) is 3.25. The number of rotatable bonds is 5. The Labute approximate surface area is 181 Å². The Balaban J connectivity index is 2.01. The van der Waals surface area contributed by atoms with E-state index in [1.54, 1.807) is 10.7 Å². The highest BCUT2D eigenvalue weighted by Gasteiger charge is 2.29. The summed E-state index contributed by atoms with van der Waals surface area (Å²) in [4.78, 5) is 26.7. The van der Waals surface area contributed by atoms with Crippen molar-refractivity contribution in [3.05, 3.63) is 80.9 Å². The van der Waals surface area contributed by atoms with Crippen LogP contribution < -0.4 is 15.5 Å². The van der Waals surface area contributed by atoms with E-state index in [9.17, 15) is 27.2 Å². The fraction of sp³-hybridized carbons (Fsp3) is 0.0500. The summed E-state index contributed by atoms with van der Waals surface area (Å²) in [6.07, 6.45) is 0. The molecule has 158 valence electrons. The number of carbonyl (C=O) groups is 2. The molecule has 0 aliphatic rings. The molecule has 1 heterocycles. The molecule has 3 aromatic rings. The van der Waals surface area contributed by atoms with E-state index in [0.29, 0.717) is 0 Å². The molecule has 0 bridgehead atoms. The zero-order valence-corrected chi connectivity index (χ0v) is 15.9. The van der Waals surface area contributed by atoms with Crippen LogP contribution in [0.25, 0.3) is 16.1 Å². The lowest BCUT2D eigenvalue weighted by molar-refractivity contribution is 0.0957. The van der Waals surface area contributed by atoms with Gasteiger partial charge in [-0.3, -0.25) is 9.59 Å². The first-order chi connectivity index (χ1) is 15.9. The number of carbonyl (C=O) groups excluding carboxylic acids is 2. The van der Waals surface area contributed by atoms with Crippen LogP contribution in [0.3, 0.4) is 0 Å². The van der Waals surface area contributed by atoms with Gasteiger partial charge >= 0.3 is 5.91 Å². The molecule has 0 saturated carbocycles. The van der Waals surface area contributed by atoms with Crippen LogP contribution in [0.15, 0.2) is 35.7 Å². The zero-order chi connectivity index (χ0) is 25.2. The normalized spacial score (nSPS) is 12.2. The van der Waals surface area contributed by atoms with Gasteiger partial charge in [-0.1, -0.05) is 12.1 Å². The summed E-state index contributed by atoms with van der Waals surface area (Å²) >= 11 is 0.752. The minimum absolute atomic E-state index is 0.266. The second kappa shape index (κ2) is 8.85. The molecule has 31 heavy (non-hydrogen) atoms. The smallest absolute Gasteiger partial charge is 0.329 e. The van der Waals surface area contributed by atoms with E-state index in [4.69, 9.17) is 10.7 Å². The highest BCUT2D eigenvalue weighted by molar-refractivity contribution is 7.12. The predicted molar refractivity (Wildman–Crippen MR) is 105 cm³/mol. The minimum Gasteiger partial charge on any atom is -0.497 e. The number of hydrogen-bond acceptors (Lipinski definition) is 4. The summed E-state index contributed by atoms with van der Waals surface area (Å²) < 4.78 is 84.8. The van der Waals surface area contributed by atoms with Crippen LogP contribution in [0.2, 0.25) is 0 Å². The van der Waals surface area contributed by atoms with Gasteiger partial charge in [-0.05, 0) is 34.6 Å². The molecule has 0 unspecified atom stereocenters. The van der Waals surface area contributed by atoms with E-state index in [0.717, 1.165) is 41.7 Å². The van der Waals surface area contributed by atoms with Gasteiger partial charge in [-0.15, -0.1) is 11.3 Å². The summed E-state index contributed by atoms with van der Waals surface area (Å²) in [7, 11) is -2.88. The monoisotopic (exact) mass is 452 g/mol. The van der Waals surface area contributed by atoms with E-state index in [-0.39, 0.29) is 16.2 Å². The number of thiophene rings is 1. The van der Waals surface area contributed by atoms with Gasteiger partial charge < -0.3 is 10.1 Å². The lowest BCUT2D eigenvalue weighted by Gasteiger charge is -2.13. The number of benzene rings is 2. The Morgan fingerprint density at radius 1 is 1.10 bits per heavy atom. The van der Waals surface area contributed by atoms with Gasteiger partial charge in [0.1, 0.15) is 16.3 Å². The van der Waals surface area contributed by atoms with Crippen molar-refractivity contribution in [2.24, 2.45) is 0 Å². The minimum atomic E-state index is -2.88. The molecule has 11 heteroatoms. The Morgan fingerprint density at radius 3 is 2.45 bits per heavy atom. The number of methoxy groups -OCH3 is 1. The van der Waals surface area contributed by atoms with Gasteiger partial charge in [0.05, 0.1) is 22.3 Å². The van der Waals surface area contributed by atoms with Crippen LogP contribution in [-0.4, -0.2) is 18.9 Å². The second-order valence-corrected chi connectivity index (χ2v) is 6.72. The molecular formula is C20H11F4N3O3S. The lowest BCUT2D eigenvalue weighted by atomic mass is 10.0. The van der Waals surface area contributed by atoms with Gasteiger partial charge in [0.15, 0.2) is 23.3 Å². The topological polar surface area (TPSA) is 71.8 Å². The molecule has 2 aromatic carbocycles. The number of nitrogens with one attached hydrogen (secondary N) is 2.